The Kier molecular flexibility index (Phi) is 4.46. The zero-order chi connectivity index (χ0) is 12.3. The van der Waals surface area contributed by atoms with E-state index in [4.69, 9.17) is 0 Å². The van der Waals surface area contributed by atoms with Gasteiger partial charge in [0.1, 0.15) is 5.82 Å². The Hall–Kier alpha value is -0.460. The van der Waals surface area contributed by atoms with Gasteiger partial charge in [0.25, 0.3) is 0 Å². The monoisotopic (exact) mass is 309 g/mol. The maximum atomic E-state index is 13.4. The molecule has 0 spiro atoms. The second-order valence-electron chi connectivity index (χ2n) is 3.77. The van der Waals surface area contributed by atoms with Gasteiger partial charge in [0, 0.05) is 16.1 Å². The van der Waals surface area contributed by atoms with Crippen molar-refractivity contribution >= 4 is 26.0 Å². The molecule has 1 aromatic rings. The van der Waals surface area contributed by atoms with Crippen LogP contribution >= 0.6 is 15.9 Å². The molecule has 0 fully saturated rings. The van der Waals surface area contributed by atoms with Crippen LogP contribution in [0.2, 0.25) is 0 Å². The van der Waals surface area contributed by atoms with E-state index in [1.54, 1.807) is 19.9 Å². The maximum absolute atomic E-state index is 13.4. The summed E-state index contributed by atoms with van der Waals surface area (Å²) >= 11 is 3.11. The van der Waals surface area contributed by atoms with Crippen LogP contribution in [0.1, 0.15) is 19.4 Å². The summed E-state index contributed by atoms with van der Waals surface area (Å²) in [6.45, 7) is 3.44. The molecule has 0 unspecified atom stereocenters. The molecule has 0 aromatic heterocycles. The predicted octanol–water partition coefficient (Wildman–Crippen LogP) is 2.42. The van der Waals surface area contributed by atoms with Crippen LogP contribution in [0, 0.1) is 5.82 Å². The van der Waals surface area contributed by atoms with E-state index < -0.39 is 15.8 Å². The Morgan fingerprint density at radius 2 is 2.06 bits per heavy atom. The minimum Gasteiger partial charge on any atom is -0.212 e. The van der Waals surface area contributed by atoms with Gasteiger partial charge in [-0.25, -0.2) is 17.5 Å². The molecule has 3 nitrogen and oxygen atoms in total. The molecule has 6 heteroatoms. The van der Waals surface area contributed by atoms with Gasteiger partial charge < -0.3 is 0 Å². The molecule has 0 atom stereocenters. The fourth-order valence-electron chi connectivity index (χ4n) is 1.24. The molecule has 0 bridgehead atoms. The Morgan fingerprint density at radius 3 is 2.56 bits per heavy atom. The highest BCUT2D eigenvalue weighted by Crippen LogP contribution is 2.17. The van der Waals surface area contributed by atoms with Crippen LogP contribution in [0.4, 0.5) is 4.39 Å². The normalized spacial score (nSPS) is 12.1. The summed E-state index contributed by atoms with van der Waals surface area (Å²) in [5, 5.41) is 0. The quantitative estimate of drug-likeness (QED) is 0.928. The average molecular weight is 310 g/mol. The van der Waals surface area contributed by atoms with Crippen LogP contribution in [0.5, 0.6) is 0 Å². The Bertz CT molecular complexity index is 474. The maximum Gasteiger partial charge on any atom is 0.216 e. The number of rotatable bonds is 4. The van der Waals surface area contributed by atoms with Crippen molar-refractivity contribution in [1.29, 1.82) is 0 Å². The van der Waals surface area contributed by atoms with Crippen LogP contribution < -0.4 is 4.72 Å². The third kappa shape index (κ3) is 4.19. The second kappa shape index (κ2) is 5.25. The second-order valence-corrected chi connectivity index (χ2v) is 6.44. The minimum atomic E-state index is -3.47. The highest BCUT2D eigenvalue weighted by Gasteiger charge is 2.15. The number of hydrogen-bond acceptors (Lipinski definition) is 2. The summed E-state index contributed by atoms with van der Waals surface area (Å²) in [5.74, 6) is -0.867. The van der Waals surface area contributed by atoms with E-state index in [2.05, 4.69) is 20.7 Å². The average Bonchev–Trinajstić information content (AvgIpc) is 2.07. The molecule has 0 heterocycles. The van der Waals surface area contributed by atoms with Gasteiger partial charge in [-0.15, -0.1) is 0 Å². The number of halogens is 2. The van der Waals surface area contributed by atoms with Gasteiger partial charge in [0.05, 0.1) is 5.75 Å². The first kappa shape index (κ1) is 13.6. The van der Waals surface area contributed by atoms with Gasteiger partial charge in [0.15, 0.2) is 0 Å². The van der Waals surface area contributed by atoms with E-state index >= 15 is 0 Å². The summed E-state index contributed by atoms with van der Waals surface area (Å²) < 4.78 is 39.5. The third-order valence-electron chi connectivity index (χ3n) is 1.78. The Labute approximate surface area is 103 Å². The molecule has 0 amide bonds. The molecule has 0 radical (unpaired) electrons. The van der Waals surface area contributed by atoms with Gasteiger partial charge in [-0.1, -0.05) is 22.0 Å². The van der Waals surface area contributed by atoms with Gasteiger partial charge in [-0.2, -0.15) is 0 Å². The van der Waals surface area contributed by atoms with Gasteiger partial charge in [-0.3, -0.25) is 0 Å². The van der Waals surface area contributed by atoms with Crippen molar-refractivity contribution in [3.63, 3.8) is 0 Å². The van der Waals surface area contributed by atoms with E-state index in [1.165, 1.54) is 12.1 Å². The SMILES string of the molecule is CC(C)NS(=O)(=O)Cc1ccc(Br)cc1F. The Morgan fingerprint density at radius 1 is 1.44 bits per heavy atom. The highest BCUT2D eigenvalue weighted by molar-refractivity contribution is 9.10. The Balaban J connectivity index is 2.88. The molecule has 0 aliphatic heterocycles. The molecule has 1 rings (SSSR count). The fourth-order valence-corrected chi connectivity index (χ4v) is 3.02. The van der Waals surface area contributed by atoms with Crippen molar-refractivity contribution in [2.75, 3.05) is 0 Å². The lowest BCUT2D eigenvalue weighted by Crippen LogP contribution is -2.31. The van der Waals surface area contributed by atoms with E-state index in [1.807, 2.05) is 0 Å². The molecule has 1 aromatic carbocycles. The van der Waals surface area contributed by atoms with Crippen LogP contribution in [0.3, 0.4) is 0 Å². The lowest BCUT2D eigenvalue weighted by atomic mass is 10.2. The molecule has 0 saturated heterocycles. The third-order valence-corrected chi connectivity index (χ3v) is 3.79. The highest BCUT2D eigenvalue weighted by atomic mass is 79.9. The first-order valence-corrected chi connectivity index (χ1v) is 7.18. The lowest BCUT2D eigenvalue weighted by molar-refractivity contribution is 0.564. The first-order chi connectivity index (χ1) is 7.30. The molecule has 0 saturated carbocycles. The summed E-state index contributed by atoms with van der Waals surface area (Å²) in [6, 6.07) is 4.13. The van der Waals surface area contributed by atoms with Crippen LogP contribution in [-0.4, -0.2) is 14.5 Å². The van der Waals surface area contributed by atoms with Crippen molar-refractivity contribution in [2.24, 2.45) is 0 Å². The molecule has 1 N–H and O–H groups in total. The van der Waals surface area contributed by atoms with Gasteiger partial charge >= 0.3 is 0 Å². The molecule has 0 aliphatic carbocycles. The zero-order valence-corrected chi connectivity index (χ0v) is 11.4. The number of nitrogens with one attached hydrogen (secondary N) is 1. The summed E-state index contributed by atoms with van der Waals surface area (Å²) in [4.78, 5) is 0. The van der Waals surface area contributed by atoms with Gasteiger partial charge in [-0.05, 0) is 26.0 Å². The first-order valence-electron chi connectivity index (χ1n) is 4.74. The minimum absolute atomic E-state index is 0.163. The van der Waals surface area contributed by atoms with E-state index in [0.29, 0.717) is 4.47 Å². The molecular formula is C10H13BrFNO2S. The smallest absolute Gasteiger partial charge is 0.212 e. The van der Waals surface area contributed by atoms with E-state index in [-0.39, 0.29) is 17.4 Å². The largest absolute Gasteiger partial charge is 0.216 e. The van der Waals surface area contributed by atoms with Crippen LogP contribution in [-0.2, 0) is 15.8 Å². The summed E-state index contributed by atoms with van der Waals surface area (Å²) in [7, 11) is -3.47. The fraction of sp³-hybridized carbons (Fsp3) is 0.400. The van der Waals surface area contributed by atoms with Crippen molar-refractivity contribution in [3.05, 3.63) is 34.1 Å². The predicted molar refractivity (Wildman–Crippen MR) is 65.0 cm³/mol. The summed E-state index contributed by atoms with van der Waals surface area (Å²) in [5.41, 5.74) is 0.163. The number of hydrogen-bond donors (Lipinski definition) is 1. The van der Waals surface area contributed by atoms with Crippen molar-refractivity contribution in [1.82, 2.24) is 4.72 Å². The lowest BCUT2D eigenvalue weighted by Gasteiger charge is -2.10. The topological polar surface area (TPSA) is 46.2 Å². The van der Waals surface area contributed by atoms with E-state index in [9.17, 15) is 12.8 Å². The van der Waals surface area contributed by atoms with Crippen molar-refractivity contribution < 1.29 is 12.8 Å². The number of benzene rings is 1. The number of sulfonamides is 1. The van der Waals surface area contributed by atoms with Crippen LogP contribution in [0.15, 0.2) is 22.7 Å². The molecule has 16 heavy (non-hydrogen) atoms. The standard InChI is InChI=1S/C10H13BrFNO2S/c1-7(2)13-16(14,15)6-8-3-4-9(11)5-10(8)12/h3-5,7,13H,6H2,1-2H3. The molecule has 90 valence electrons. The zero-order valence-electron chi connectivity index (χ0n) is 9.00. The van der Waals surface area contributed by atoms with Crippen molar-refractivity contribution in [3.8, 4) is 0 Å². The van der Waals surface area contributed by atoms with E-state index in [0.717, 1.165) is 0 Å². The van der Waals surface area contributed by atoms with Crippen molar-refractivity contribution in [2.45, 2.75) is 25.6 Å². The molecule has 0 aliphatic rings. The van der Waals surface area contributed by atoms with Gasteiger partial charge in [0.2, 0.25) is 10.0 Å². The molecular weight excluding hydrogens is 297 g/mol. The summed E-state index contributed by atoms with van der Waals surface area (Å²) in [6.07, 6.45) is 0. The van der Waals surface area contributed by atoms with Crippen LogP contribution in [0.25, 0.3) is 0 Å².